The topological polar surface area (TPSA) is 112 Å². The molecule has 0 bridgehead atoms. The van der Waals surface area contributed by atoms with E-state index in [0.29, 0.717) is 0 Å². The minimum absolute atomic E-state index is 0.946. The second-order valence-corrected chi connectivity index (χ2v) is 2.57. The van der Waals surface area contributed by atoms with Crippen LogP contribution in [0.3, 0.4) is 0 Å². The fraction of sp³-hybridized carbons (Fsp3) is 0.500. The van der Waals surface area contributed by atoms with Gasteiger partial charge in [-0.05, 0) is 0 Å². The Morgan fingerprint density at radius 1 is 1.25 bits per heavy atom. The van der Waals surface area contributed by atoms with Crippen LogP contribution in [0.4, 0.5) is 0 Å². The quantitative estimate of drug-likeness (QED) is 0.269. The largest absolute Gasteiger partial charge is 0.379 e. The van der Waals surface area contributed by atoms with Gasteiger partial charge in [0.1, 0.15) is 0 Å². The van der Waals surface area contributed by atoms with Gasteiger partial charge in [-0.15, -0.1) is 0 Å². The van der Waals surface area contributed by atoms with E-state index in [1.54, 1.807) is 0 Å². The Bertz CT molecular complexity index is 265. The first-order chi connectivity index (χ1) is 5.36. The molecule has 66 valence electrons. The molecule has 0 aliphatic heterocycles. The minimum Gasteiger partial charge on any atom is -0.379 e. The van der Waals surface area contributed by atoms with Gasteiger partial charge in [0.15, 0.2) is 6.10 Å². The number of carbonyl (C=O) groups excluding carboxylic acids is 3. The summed E-state index contributed by atoms with van der Waals surface area (Å²) in [5.41, 5.74) is 0. The van der Waals surface area contributed by atoms with Gasteiger partial charge in [0.2, 0.25) is 17.4 Å². The molecule has 0 radical (unpaired) electrons. The van der Waals surface area contributed by atoms with E-state index in [9.17, 15) is 14.4 Å². The second-order valence-electron chi connectivity index (χ2n) is 2.57. The summed E-state index contributed by atoms with van der Waals surface area (Å²) in [6.45, 7) is 0. The first kappa shape index (κ1) is 8.98. The lowest BCUT2D eigenvalue weighted by Gasteiger charge is -2.28. The summed E-state index contributed by atoms with van der Waals surface area (Å²) < 4.78 is 0. The highest BCUT2D eigenvalue weighted by atomic mass is 16.5. The molecular weight excluding hydrogens is 168 g/mol. The van der Waals surface area contributed by atoms with Crippen LogP contribution in [0.15, 0.2) is 0 Å². The fourth-order valence-electron chi connectivity index (χ4n) is 0.885. The van der Waals surface area contributed by atoms with E-state index in [1.165, 1.54) is 0 Å². The van der Waals surface area contributed by atoms with Crippen LogP contribution < -0.4 is 0 Å². The summed E-state index contributed by atoms with van der Waals surface area (Å²) in [6.07, 6.45) is -3.17. The zero-order chi connectivity index (χ0) is 9.52. The number of hydrogen-bond donors (Lipinski definition) is 3. The summed E-state index contributed by atoms with van der Waals surface area (Å²) in [6, 6.07) is 0. The zero-order valence-corrected chi connectivity index (χ0v) is 5.85. The Morgan fingerprint density at radius 3 is 2.25 bits per heavy atom. The predicted octanol–water partition coefficient (Wildman–Crippen LogP) is -2.86. The molecule has 0 spiro atoms. The molecule has 0 aromatic carbocycles. The number of carbonyl (C=O) groups is 3. The van der Waals surface area contributed by atoms with E-state index in [2.05, 4.69) is 0 Å². The number of aliphatic hydroxyl groups is 3. The molecule has 0 aromatic rings. The van der Waals surface area contributed by atoms with Gasteiger partial charge in [0, 0.05) is 0 Å². The highest BCUT2D eigenvalue weighted by Gasteiger charge is 2.50. The van der Waals surface area contributed by atoms with Gasteiger partial charge in [-0.2, -0.15) is 0 Å². The predicted molar refractivity (Wildman–Crippen MR) is 32.8 cm³/mol. The highest BCUT2D eigenvalue weighted by Crippen LogP contribution is 2.19. The van der Waals surface area contributed by atoms with E-state index in [1.807, 2.05) is 0 Å². The van der Waals surface area contributed by atoms with Crippen molar-refractivity contribution in [2.24, 2.45) is 0 Å². The number of ketones is 3. The molecule has 6 nitrogen and oxygen atoms in total. The maximum Gasteiger partial charge on any atom is 0.267 e. The molecule has 6 heteroatoms. The zero-order valence-electron chi connectivity index (χ0n) is 5.85. The van der Waals surface area contributed by atoms with E-state index in [-0.39, 0.29) is 0 Å². The maximum atomic E-state index is 10.6. The number of rotatable bonds is 0. The highest BCUT2D eigenvalue weighted by molar-refractivity contribution is 6.65. The van der Waals surface area contributed by atoms with Crippen molar-refractivity contribution in [3.63, 3.8) is 0 Å². The third kappa shape index (κ3) is 1.15. The Morgan fingerprint density at radius 2 is 1.75 bits per heavy atom. The van der Waals surface area contributed by atoms with E-state index >= 15 is 0 Å². The van der Waals surface area contributed by atoms with Crippen LogP contribution in [0.2, 0.25) is 0 Å². The Balaban J connectivity index is 3.01. The van der Waals surface area contributed by atoms with Crippen LogP contribution in [-0.4, -0.2) is 44.6 Å². The van der Waals surface area contributed by atoms with Crippen LogP contribution in [0.25, 0.3) is 0 Å². The third-order valence-corrected chi connectivity index (χ3v) is 1.58. The molecule has 1 saturated carbocycles. The van der Waals surface area contributed by atoms with Gasteiger partial charge in [0.05, 0.1) is 6.42 Å². The van der Waals surface area contributed by atoms with Gasteiger partial charge in [-0.25, -0.2) is 0 Å². The normalized spacial score (nSPS) is 29.2. The van der Waals surface area contributed by atoms with Crippen molar-refractivity contribution in [2.45, 2.75) is 18.3 Å². The maximum absolute atomic E-state index is 10.6. The number of Topliss-reactive ketones (excluding diaryl/α,β-unsaturated/α-hetero) is 3. The van der Waals surface area contributed by atoms with Crippen LogP contribution in [0.1, 0.15) is 6.42 Å². The standard InChI is InChI=1S/C6H6O6/c7-2-1-6(11,12)5(10)4(9)3(2)8/h5,10-12H,1H2. The van der Waals surface area contributed by atoms with Gasteiger partial charge in [-0.3, -0.25) is 14.4 Å². The van der Waals surface area contributed by atoms with Crippen molar-refractivity contribution in [3.05, 3.63) is 0 Å². The molecule has 1 aliphatic carbocycles. The monoisotopic (exact) mass is 174 g/mol. The third-order valence-electron chi connectivity index (χ3n) is 1.58. The lowest BCUT2D eigenvalue weighted by Crippen LogP contribution is -2.57. The van der Waals surface area contributed by atoms with Crippen LogP contribution in [0, 0.1) is 0 Å². The van der Waals surface area contributed by atoms with Crippen molar-refractivity contribution in [1.29, 1.82) is 0 Å². The summed E-state index contributed by atoms with van der Waals surface area (Å²) >= 11 is 0. The van der Waals surface area contributed by atoms with E-state index in [4.69, 9.17) is 15.3 Å². The Hall–Kier alpha value is -1.11. The molecule has 1 aliphatic rings. The average molecular weight is 174 g/mol. The van der Waals surface area contributed by atoms with Crippen molar-refractivity contribution in [3.8, 4) is 0 Å². The smallest absolute Gasteiger partial charge is 0.267 e. The van der Waals surface area contributed by atoms with Crippen LogP contribution in [0.5, 0.6) is 0 Å². The lowest BCUT2D eigenvalue weighted by molar-refractivity contribution is -0.227. The van der Waals surface area contributed by atoms with Gasteiger partial charge in [0.25, 0.3) is 5.78 Å². The molecule has 1 rings (SSSR count). The summed E-state index contributed by atoms with van der Waals surface area (Å²) in [5.74, 6) is -6.87. The first-order valence-corrected chi connectivity index (χ1v) is 3.10. The fourth-order valence-corrected chi connectivity index (χ4v) is 0.885. The molecule has 0 heterocycles. The van der Waals surface area contributed by atoms with Crippen LogP contribution in [-0.2, 0) is 14.4 Å². The minimum atomic E-state index is -2.80. The lowest BCUT2D eigenvalue weighted by atomic mass is 9.88. The van der Waals surface area contributed by atoms with E-state index < -0.39 is 35.7 Å². The molecule has 1 fully saturated rings. The molecule has 12 heavy (non-hydrogen) atoms. The molecule has 3 N–H and O–H groups in total. The van der Waals surface area contributed by atoms with Gasteiger partial charge in [-0.1, -0.05) is 0 Å². The Labute approximate surface area is 66.4 Å². The van der Waals surface area contributed by atoms with Crippen molar-refractivity contribution < 1.29 is 29.7 Å². The molecule has 0 aromatic heterocycles. The molecule has 0 saturated heterocycles. The number of hydrogen-bond acceptors (Lipinski definition) is 6. The number of aliphatic hydroxyl groups excluding tert-OH is 1. The van der Waals surface area contributed by atoms with Crippen molar-refractivity contribution >= 4 is 17.3 Å². The molecule has 0 amide bonds. The van der Waals surface area contributed by atoms with Crippen LogP contribution >= 0.6 is 0 Å². The summed E-state index contributed by atoms with van der Waals surface area (Å²) in [5, 5.41) is 26.4. The molecule has 1 atom stereocenters. The van der Waals surface area contributed by atoms with Crippen molar-refractivity contribution in [2.75, 3.05) is 0 Å². The summed E-state index contributed by atoms with van der Waals surface area (Å²) in [7, 11) is 0. The molecule has 1 unspecified atom stereocenters. The second kappa shape index (κ2) is 2.44. The van der Waals surface area contributed by atoms with E-state index in [0.717, 1.165) is 0 Å². The Kier molecular flexibility index (Phi) is 1.83. The summed E-state index contributed by atoms with van der Waals surface area (Å²) in [4.78, 5) is 31.7. The average Bonchev–Trinajstić information content (AvgIpc) is 1.97. The molecular formula is C6H6O6. The van der Waals surface area contributed by atoms with Gasteiger partial charge >= 0.3 is 0 Å². The van der Waals surface area contributed by atoms with Gasteiger partial charge < -0.3 is 15.3 Å². The SMILES string of the molecule is O=C1CC(O)(O)C(O)C(=O)C1=O. The van der Waals surface area contributed by atoms with Crippen molar-refractivity contribution in [1.82, 2.24) is 0 Å². The first-order valence-electron chi connectivity index (χ1n) is 3.10.